The van der Waals surface area contributed by atoms with Crippen LogP contribution in [0.25, 0.3) is 0 Å². The molecule has 0 fully saturated rings. The van der Waals surface area contributed by atoms with Gasteiger partial charge in [0.1, 0.15) is 15.8 Å². The van der Waals surface area contributed by atoms with Crippen molar-refractivity contribution in [3.05, 3.63) is 51.3 Å². The van der Waals surface area contributed by atoms with Crippen LogP contribution < -0.4 is 4.90 Å². The fraction of sp³-hybridized carbons (Fsp3) is 0.278. The van der Waals surface area contributed by atoms with Crippen LogP contribution in [0.5, 0.6) is 0 Å². The van der Waals surface area contributed by atoms with Crippen molar-refractivity contribution < 1.29 is 33.0 Å². The number of carbonyl (C=O) groups is 3. The summed E-state index contributed by atoms with van der Waals surface area (Å²) < 4.78 is 27.8. The molecule has 27 heavy (non-hydrogen) atoms. The first kappa shape index (κ1) is 20.5. The molecule has 0 unspecified atom stereocenters. The van der Waals surface area contributed by atoms with Crippen LogP contribution in [0.4, 0.5) is 10.1 Å². The highest BCUT2D eigenvalue weighted by Gasteiger charge is 2.38. The highest BCUT2D eigenvalue weighted by atomic mass is 32.2. The first-order chi connectivity index (χ1) is 12.8. The topological polar surface area (TPSA) is 82.1 Å². The summed E-state index contributed by atoms with van der Waals surface area (Å²) in [7, 11) is 2.25. The standard InChI is InChI=1S/C18H18FNO6S/c1-5-26-18(23)14-10(2)20(12-8-6-11(19)7-9-12)15(27-14)13(16(21)24-3)17(22)25-4/h6-9H,5H2,1-4H3. The summed E-state index contributed by atoms with van der Waals surface area (Å²) in [5.41, 5.74) is 0.486. The van der Waals surface area contributed by atoms with E-state index in [1.54, 1.807) is 13.8 Å². The second kappa shape index (κ2) is 8.72. The van der Waals surface area contributed by atoms with Gasteiger partial charge in [0, 0.05) is 11.4 Å². The Morgan fingerprint density at radius 1 is 1.07 bits per heavy atom. The van der Waals surface area contributed by atoms with E-state index in [1.807, 2.05) is 0 Å². The number of thioether (sulfide) groups is 1. The fourth-order valence-electron chi connectivity index (χ4n) is 2.38. The number of anilines is 1. The number of hydrogen-bond donors (Lipinski definition) is 0. The minimum Gasteiger partial charge on any atom is -0.465 e. The zero-order valence-electron chi connectivity index (χ0n) is 15.2. The molecule has 0 amide bonds. The van der Waals surface area contributed by atoms with Crippen molar-refractivity contribution in [1.29, 1.82) is 0 Å². The van der Waals surface area contributed by atoms with Crippen molar-refractivity contribution in [3.63, 3.8) is 0 Å². The van der Waals surface area contributed by atoms with E-state index < -0.39 is 23.7 Å². The van der Waals surface area contributed by atoms with Gasteiger partial charge in [0.15, 0.2) is 5.57 Å². The summed E-state index contributed by atoms with van der Waals surface area (Å²) in [5.74, 6) is -2.90. The van der Waals surface area contributed by atoms with Gasteiger partial charge >= 0.3 is 17.9 Å². The molecule has 0 bridgehead atoms. The van der Waals surface area contributed by atoms with Gasteiger partial charge in [-0.05, 0) is 38.1 Å². The molecule has 0 saturated carbocycles. The third kappa shape index (κ3) is 4.13. The highest BCUT2D eigenvalue weighted by molar-refractivity contribution is 8.08. The van der Waals surface area contributed by atoms with Gasteiger partial charge in [0.05, 0.1) is 20.8 Å². The predicted molar refractivity (Wildman–Crippen MR) is 96.9 cm³/mol. The largest absolute Gasteiger partial charge is 0.465 e. The number of benzene rings is 1. The molecule has 0 spiro atoms. The summed E-state index contributed by atoms with van der Waals surface area (Å²) >= 11 is 0.885. The van der Waals surface area contributed by atoms with E-state index in [0.29, 0.717) is 11.4 Å². The lowest BCUT2D eigenvalue weighted by Gasteiger charge is -2.23. The maximum absolute atomic E-state index is 13.3. The molecule has 0 radical (unpaired) electrons. The number of halogens is 1. The van der Waals surface area contributed by atoms with Gasteiger partial charge in [-0.3, -0.25) is 0 Å². The van der Waals surface area contributed by atoms with Crippen molar-refractivity contribution in [2.45, 2.75) is 13.8 Å². The maximum Gasteiger partial charge on any atom is 0.348 e. The zero-order chi connectivity index (χ0) is 20.1. The Kier molecular flexibility index (Phi) is 6.62. The first-order valence-corrected chi connectivity index (χ1v) is 8.69. The molecule has 0 atom stereocenters. The van der Waals surface area contributed by atoms with E-state index >= 15 is 0 Å². The highest BCUT2D eigenvalue weighted by Crippen LogP contribution is 2.46. The van der Waals surface area contributed by atoms with E-state index in [4.69, 9.17) is 14.2 Å². The van der Waals surface area contributed by atoms with Crippen molar-refractivity contribution in [2.24, 2.45) is 0 Å². The summed E-state index contributed by atoms with van der Waals surface area (Å²) in [6, 6.07) is 5.37. The van der Waals surface area contributed by atoms with Gasteiger partial charge in [-0.1, -0.05) is 11.8 Å². The average molecular weight is 395 g/mol. The Bertz CT molecular complexity index is 813. The van der Waals surface area contributed by atoms with Crippen LogP contribution in [0, 0.1) is 5.82 Å². The lowest BCUT2D eigenvalue weighted by atomic mass is 10.2. The normalized spacial score (nSPS) is 13.5. The fourth-order valence-corrected chi connectivity index (χ4v) is 3.56. The van der Waals surface area contributed by atoms with Crippen molar-refractivity contribution in [2.75, 3.05) is 25.7 Å². The van der Waals surface area contributed by atoms with Gasteiger partial charge < -0.3 is 19.1 Å². The van der Waals surface area contributed by atoms with E-state index in [1.165, 1.54) is 29.2 Å². The summed E-state index contributed by atoms with van der Waals surface area (Å²) in [4.78, 5) is 38.4. The Morgan fingerprint density at radius 2 is 1.63 bits per heavy atom. The molecule has 0 N–H and O–H groups in total. The van der Waals surface area contributed by atoms with Gasteiger partial charge in [0.25, 0.3) is 0 Å². The molecule has 0 aliphatic carbocycles. The number of esters is 3. The molecule has 1 heterocycles. The second-order valence-electron chi connectivity index (χ2n) is 5.21. The number of allylic oxidation sites excluding steroid dienone is 1. The first-order valence-electron chi connectivity index (χ1n) is 7.88. The van der Waals surface area contributed by atoms with Gasteiger partial charge in [-0.15, -0.1) is 0 Å². The number of ether oxygens (including phenoxy) is 3. The van der Waals surface area contributed by atoms with Crippen molar-refractivity contribution in [3.8, 4) is 0 Å². The number of carbonyl (C=O) groups excluding carboxylic acids is 3. The Balaban J connectivity index is 2.69. The van der Waals surface area contributed by atoms with Gasteiger partial charge in [0.2, 0.25) is 0 Å². The van der Waals surface area contributed by atoms with Crippen molar-refractivity contribution >= 4 is 35.4 Å². The third-order valence-electron chi connectivity index (χ3n) is 3.60. The van der Waals surface area contributed by atoms with E-state index in [9.17, 15) is 18.8 Å². The maximum atomic E-state index is 13.3. The van der Waals surface area contributed by atoms with Gasteiger partial charge in [-0.25, -0.2) is 18.8 Å². The van der Waals surface area contributed by atoms with Gasteiger partial charge in [-0.2, -0.15) is 0 Å². The number of rotatable bonds is 5. The quantitative estimate of drug-likeness (QED) is 0.247. The molecule has 7 nitrogen and oxygen atoms in total. The monoisotopic (exact) mass is 395 g/mol. The smallest absolute Gasteiger partial charge is 0.348 e. The average Bonchev–Trinajstić information content (AvgIpc) is 2.99. The number of hydrogen-bond acceptors (Lipinski definition) is 8. The molecule has 144 valence electrons. The van der Waals surface area contributed by atoms with Crippen LogP contribution >= 0.6 is 11.8 Å². The predicted octanol–water partition coefficient (Wildman–Crippen LogP) is 2.73. The van der Waals surface area contributed by atoms with Crippen molar-refractivity contribution in [1.82, 2.24) is 0 Å². The van der Waals surface area contributed by atoms with E-state index in [2.05, 4.69) is 0 Å². The lowest BCUT2D eigenvalue weighted by molar-refractivity contribution is -0.144. The van der Waals surface area contributed by atoms with E-state index in [0.717, 1.165) is 26.0 Å². The SMILES string of the molecule is CCOC(=O)C1=C(C)N(c2ccc(F)cc2)C(=C(C(=O)OC)C(=O)OC)S1. The molecule has 9 heteroatoms. The zero-order valence-corrected chi connectivity index (χ0v) is 16.0. The van der Waals surface area contributed by atoms with Crippen LogP contribution in [0.15, 0.2) is 45.5 Å². The van der Waals surface area contributed by atoms with E-state index in [-0.39, 0.29) is 22.1 Å². The molecule has 2 rings (SSSR count). The third-order valence-corrected chi connectivity index (χ3v) is 4.85. The Labute approximate surface area is 159 Å². The molecular formula is C18H18FNO6S. The molecular weight excluding hydrogens is 377 g/mol. The number of methoxy groups -OCH3 is 2. The Morgan fingerprint density at radius 3 is 2.11 bits per heavy atom. The second-order valence-corrected chi connectivity index (χ2v) is 6.21. The molecule has 1 aromatic rings. The molecule has 1 aromatic carbocycles. The number of nitrogens with zero attached hydrogens (tertiary/aromatic N) is 1. The lowest BCUT2D eigenvalue weighted by Crippen LogP contribution is -2.24. The molecule has 1 aliphatic rings. The molecule has 0 aromatic heterocycles. The Hall–Kier alpha value is -2.81. The van der Waals surface area contributed by atoms with Crippen LogP contribution in [0.3, 0.4) is 0 Å². The van der Waals surface area contributed by atoms with Crippen LogP contribution in [0.1, 0.15) is 13.8 Å². The van der Waals surface area contributed by atoms with Crippen LogP contribution in [-0.4, -0.2) is 38.7 Å². The minimum absolute atomic E-state index is 0.112. The minimum atomic E-state index is -0.922. The summed E-state index contributed by atoms with van der Waals surface area (Å²) in [6.45, 7) is 3.45. The van der Waals surface area contributed by atoms with Crippen LogP contribution in [-0.2, 0) is 28.6 Å². The summed E-state index contributed by atoms with van der Waals surface area (Å²) in [5, 5.41) is 0.112. The summed E-state index contributed by atoms with van der Waals surface area (Å²) in [6.07, 6.45) is 0. The van der Waals surface area contributed by atoms with Crippen LogP contribution in [0.2, 0.25) is 0 Å². The molecule has 0 saturated heterocycles. The molecule has 1 aliphatic heterocycles.